The van der Waals surface area contributed by atoms with Crippen LogP contribution in [0.4, 0.5) is 0 Å². The number of terminal acetylenes is 1. The largest absolute Gasteiger partial charge is 0.393 e. The normalized spacial score (nSPS) is 14.4. The van der Waals surface area contributed by atoms with Crippen molar-refractivity contribution in [1.29, 1.82) is 0 Å². The highest BCUT2D eigenvalue weighted by atomic mass is 16.3. The molecule has 56 valence electrons. The van der Waals surface area contributed by atoms with Crippen molar-refractivity contribution >= 4 is 0 Å². The molecule has 0 aromatic rings. The molecule has 0 saturated heterocycles. The van der Waals surface area contributed by atoms with Crippen molar-refractivity contribution in [3.8, 4) is 12.3 Å². The fraction of sp³-hybridized carbons (Fsp3) is 0.556. The average Bonchev–Trinajstić information content (AvgIpc) is 1.87. The van der Waals surface area contributed by atoms with E-state index in [0.717, 1.165) is 18.4 Å². The fourth-order valence-electron chi connectivity index (χ4n) is 0.600. The maximum absolute atomic E-state index is 8.86. The predicted octanol–water partition coefficient (Wildman–Crippen LogP) is 1.73. The third kappa shape index (κ3) is 5.40. The summed E-state index contributed by atoms with van der Waals surface area (Å²) in [5.74, 6) is 2.52. The molecule has 0 fully saturated rings. The third-order valence-corrected chi connectivity index (χ3v) is 1.26. The summed E-state index contributed by atoms with van der Waals surface area (Å²) in [7, 11) is 0. The molecule has 0 heterocycles. The molecule has 0 aliphatic rings. The molecule has 1 N–H and O–H groups in total. The molecule has 10 heavy (non-hydrogen) atoms. The summed E-state index contributed by atoms with van der Waals surface area (Å²) in [6, 6.07) is 0. The number of aliphatic hydroxyl groups is 1. The summed E-state index contributed by atoms with van der Waals surface area (Å²) in [5, 5.41) is 8.86. The Morgan fingerprint density at radius 3 is 2.80 bits per heavy atom. The van der Waals surface area contributed by atoms with Crippen molar-refractivity contribution in [1.82, 2.24) is 0 Å². The van der Waals surface area contributed by atoms with Gasteiger partial charge in [-0.15, -0.1) is 6.42 Å². The Hall–Kier alpha value is -0.740. The van der Waals surface area contributed by atoms with Crippen molar-refractivity contribution in [2.75, 3.05) is 0 Å². The van der Waals surface area contributed by atoms with Gasteiger partial charge in [-0.25, -0.2) is 0 Å². The van der Waals surface area contributed by atoms with Crippen LogP contribution in [-0.2, 0) is 0 Å². The lowest BCUT2D eigenvalue weighted by atomic mass is 10.2. The minimum absolute atomic E-state index is 0.221. The summed E-state index contributed by atoms with van der Waals surface area (Å²) in [4.78, 5) is 0. The SMILES string of the molecule is C#CC(C)=CCCC(C)O. The Labute approximate surface area is 62.8 Å². The van der Waals surface area contributed by atoms with Crippen LogP contribution in [0.2, 0.25) is 0 Å². The van der Waals surface area contributed by atoms with E-state index in [4.69, 9.17) is 11.5 Å². The quantitative estimate of drug-likeness (QED) is 0.589. The summed E-state index contributed by atoms with van der Waals surface area (Å²) in [6.07, 6.45) is 8.51. The lowest BCUT2D eigenvalue weighted by Crippen LogP contribution is -1.97. The molecule has 1 atom stereocenters. The van der Waals surface area contributed by atoms with Crippen molar-refractivity contribution < 1.29 is 5.11 Å². The molecule has 0 radical (unpaired) electrons. The molecule has 0 bridgehead atoms. The van der Waals surface area contributed by atoms with Crippen LogP contribution >= 0.6 is 0 Å². The molecule has 0 aromatic carbocycles. The van der Waals surface area contributed by atoms with Crippen molar-refractivity contribution in [2.24, 2.45) is 0 Å². The van der Waals surface area contributed by atoms with Crippen molar-refractivity contribution in [3.05, 3.63) is 11.6 Å². The van der Waals surface area contributed by atoms with Gasteiger partial charge in [-0.05, 0) is 32.3 Å². The minimum atomic E-state index is -0.221. The first kappa shape index (κ1) is 9.26. The smallest absolute Gasteiger partial charge is 0.0515 e. The maximum Gasteiger partial charge on any atom is 0.0515 e. The Morgan fingerprint density at radius 2 is 2.40 bits per heavy atom. The van der Waals surface area contributed by atoms with Crippen molar-refractivity contribution in [2.45, 2.75) is 32.8 Å². The van der Waals surface area contributed by atoms with E-state index in [-0.39, 0.29) is 6.10 Å². The van der Waals surface area contributed by atoms with Crippen LogP contribution in [0.25, 0.3) is 0 Å². The van der Waals surface area contributed by atoms with Gasteiger partial charge in [0.05, 0.1) is 6.10 Å². The molecule has 1 unspecified atom stereocenters. The van der Waals surface area contributed by atoms with Crippen LogP contribution in [0.1, 0.15) is 26.7 Å². The number of rotatable bonds is 3. The molecule has 0 aromatic heterocycles. The van der Waals surface area contributed by atoms with Crippen LogP contribution in [0.3, 0.4) is 0 Å². The Kier molecular flexibility index (Phi) is 4.70. The second kappa shape index (κ2) is 5.08. The van der Waals surface area contributed by atoms with Crippen LogP contribution in [0, 0.1) is 12.3 Å². The van der Waals surface area contributed by atoms with Gasteiger partial charge >= 0.3 is 0 Å². The van der Waals surface area contributed by atoms with Gasteiger partial charge < -0.3 is 5.11 Å². The van der Waals surface area contributed by atoms with Gasteiger partial charge in [-0.2, -0.15) is 0 Å². The van der Waals surface area contributed by atoms with E-state index < -0.39 is 0 Å². The molecular weight excluding hydrogens is 124 g/mol. The fourth-order valence-corrected chi connectivity index (χ4v) is 0.600. The van der Waals surface area contributed by atoms with Gasteiger partial charge in [0.25, 0.3) is 0 Å². The first-order chi connectivity index (χ1) is 4.66. The van der Waals surface area contributed by atoms with Gasteiger partial charge in [0.15, 0.2) is 0 Å². The van der Waals surface area contributed by atoms with E-state index in [0.29, 0.717) is 0 Å². The molecule has 0 spiro atoms. The third-order valence-electron chi connectivity index (χ3n) is 1.26. The second-order valence-corrected chi connectivity index (χ2v) is 2.46. The highest BCUT2D eigenvalue weighted by Crippen LogP contribution is 1.99. The number of hydrogen-bond donors (Lipinski definition) is 1. The Bertz CT molecular complexity index is 149. The molecule has 0 aliphatic carbocycles. The standard InChI is InChI=1S/C9H14O/c1-4-8(2)6-5-7-9(3)10/h1,6,9-10H,5,7H2,2-3H3. The van der Waals surface area contributed by atoms with Gasteiger partial charge in [0, 0.05) is 0 Å². The average molecular weight is 138 g/mol. The number of hydrogen-bond acceptors (Lipinski definition) is 1. The van der Waals surface area contributed by atoms with E-state index in [1.807, 2.05) is 13.0 Å². The monoisotopic (exact) mass is 138 g/mol. The molecule has 1 heteroatoms. The first-order valence-corrected chi connectivity index (χ1v) is 3.48. The predicted molar refractivity (Wildman–Crippen MR) is 43.5 cm³/mol. The summed E-state index contributed by atoms with van der Waals surface area (Å²) in [6.45, 7) is 3.67. The maximum atomic E-state index is 8.86. The van der Waals surface area contributed by atoms with Crippen LogP contribution < -0.4 is 0 Å². The zero-order chi connectivity index (χ0) is 7.98. The summed E-state index contributed by atoms with van der Waals surface area (Å²) in [5.41, 5.74) is 0.945. The first-order valence-electron chi connectivity index (χ1n) is 3.48. The highest BCUT2D eigenvalue weighted by Gasteiger charge is 1.91. The van der Waals surface area contributed by atoms with Crippen LogP contribution in [0.5, 0.6) is 0 Å². The van der Waals surface area contributed by atoms with Gasteiger partial charge in [0.2, 0.25) is 0 Å². The molecule has 0 saturated carbocycles. The second-order valence-electron chi connectivity index (χ2n) is 2.46. The minimum Gasteiger partial charge on any atom is -0.393 e. The molecule has 1 nitrogen and oxygen atoms in total. The highest BCUT2D eigenvalue weighted by molar-refractivity contribution is 5.22. The lowest BCUT2D eigenvalue weighted by Gasteiger charge is -1.98. The molecule has 0 amide bonds. The van der Waals surface area contributed by atoms with E-state index in [1.54, 1.807) is 6.92 Å². The zero-order valence-electron chi connectivity index (χ0n) is 6.59. The van der Waals surface area contributed by atoms with Crippen LogP contribution in [0.15, 0.2) is 11.6 Å². The lowest BCUT2D eigenvalue weighted by molar-refractivity contribution is 0.186. The van der Waals surface area contributed by atoms with E-state index in [1.165, 1.54) is 0 Å². The van der Waals surface area contributed by atoms with E-state index >= 15 is 0 Å². The molecule has 0 aliphatic heterocycles. The van der Waals surface area contributed by atoms with E-state index in [2.05, 4.69) is 5.92 Å². The summed E-state index contributed by atoms with van der Waals surface area (Å²) >= 11 is 0. The van der Waals surface area contributed by atoms with Crippen molar-refractivity contribution in [3.63, 3.8) is 0 Å². The van der Waals surface area contributed by atoms with Gasteiger partial charge in [-0.3, -0.25) is 0 Å². The van der Waals surface area contributed by atoms with E-state index in [9.17, 15) is 0 Å². The summed E-state index contributed by atoms with van der Waals surface area (Å²) < 4.78 is 0. The Balaban J connectivity index is 3.46. The van der Waals surface area contributed by atoms with Gasteiger partial charge in [-0.1, -0.05) is 12.0 Å². The van der Waals surface area contributed by atoms with Gasteiger partial charge in [0.1, 0.15) is 0 Å². The molecular formula is C9H14O. The number of aliphatic hydroxyl groups excluding tert-OH is 1. The number of allylic oxidation sites excluding steroid dienone is 2. The van der Waals surface area contributed by atoms with Crippen LogP contribution in [-0.4, -0.2) is 11.2 Å². The Morgan fingerprint density at radius 1 is 1.80 bits per heavy atom. The topological polar surface area (TPSA) is 20.2 Å². The molecule has 0 rings (SSSR count). The zero-order valence-corrected chi connectivity index (χ0v) is 6.59.